The van der Waals surface area contributed by atoms with Crippen molar-refractivity contribution in [2.75, 3.05) is 24.5 Å². The van der Waals surface area contributed by atoms with Gasteiger partial charge >= 0.3 is 0 Å². The molecule has 2 heterocycles. The second-order valence-corrected chi connectivity index (χ2v) is 6.04. The van der Waals surface area contributed by atoms with Gasteiger partial charge in [-0.15, -0.1) is 0 Å². The van der Waals surface area contributed by atoms with Gasteiger partial charge in [0, 0.05) is 38.1 Å². The summed E-state index contributed by atoms with van der Waals surface area (Å²) in [4.78, 5) is 23.4. The zero-order valence-electron chi connectivity index (χ0n) is 13.6. The van der Waals surface area contributed by atoms with Crippen molar-refractivity contribution in [2.24, 2.45) is 5.73 Å². The van der Waals surface area contributed by atoms with E-state index in [9.17, 15) is 4.79 Å². The number of nitrogens with zero attached hydrogens (tertiary/aromatic N) is 3. The van der Waals surface area contributed by atoms with E-state index >= 15 is 0 Å². The molecule has 0 spiro atoms. The Balaban J connectivity index is 1.63. The van der Waals surface area contributed by atoms with Crippen LogP contribution < -0.4 is 16.0 Å². The number of rotatable bonds is 5. The van der Waals surface area contributed by atoms with E-state index in [2.05, 4.69) is 20.2 Å². The minimum Gasteiger partial charge on any atom is -0.351 e. The summed E-state index contributed by atoms with van der Waals surface area (Å²) in [7, 11) is 0. The number of amides is 1. The molecular formula is C18H23N5O. The van der Waals surface area contributed by atoms with Gasteiger partial charge in [0.15, 0.2) is 0 Å². The van der Waals surface area contributed by atoms with Crippen molar-refractivity contribution in [3.05, 3.63) is 54.4 Å². The maximum Gasteiger partial charge on any atom is 0.229 e. The molecule has 0 saturated carbocycles. The molecule has 6 heteroatoms. The fraction of sp³-hybridized carbons (Fsp3) is 0.389. The van der Waals surface area contributed by atoms with E-state index in [0.717, 1.165) is 37.4 Å². The summed E-state index contributed by atoms with van der Waals surface area (Å²) in [5.74, 6) is 0.397. The first-order valence-electron chi connectivity index (χ1n) is 8.35. The van der Waals surface area contributed by atoms with Crippen LogP contribution in [-0.4, -0.2) is 41.6 Å². The molecular weight excluding hydrogens is 302 g/mol. The van der Waals surface area contributed by atoms with Crippen molar-refractivity contribution >= 4 is 11.9 Å². The minimum absolute atomic E-state index is 0.00969. The number of benzene rings is 1. The van der Waals surface area contributed by atoms with Gasteiger partial charge in [0.05, 0.1) is 5.92 Å². The summed E-state index contributed by atoms with van der Waals surface area (Å²) < 4.78 is 0. The third-order valence-electron chi connectivity index (χ3n) is 4.36. The number of carbonyl (C=O) groups excluding carboxylic acids is 1. The number of hydrogen-bond acceptors (Lipinski definition) is 5. The number of hydrogen-bond donors (Lipinski definition) is 2. The first-order chi connectivity index (χ1) is 11.8. The highest BCUT2D eigenvalue weighted by atomic mass is 16.2. The predicted octanol–water partition coefficient (Wildman–Crippen LogP) is 1.30. The molecule has 3 rings (SSSR count). The van der Waals surface area contributed by atoms with Crippen LogP contribution in [-0.2, 0) is 4.79 Å². The number of carbonyl (C=O) groups is 1. The van der Waals surface area contributed by atoms with E-state index in [-0.39, 0.29) is 17.9 Å². The third kappa shape index (κ3) is 3.89. The minimum atomic E-state index is -0.311. The number of aromatic nitrogens is 2. The van der Waals surface area contributed by atoms with Crippen LogP contribution in [0.4, 0.5) is 5.95 Å². The molecule has 1 saturated heterocycles. The van der Waals surface area contributed by atoms with Gasteiger partial charge in [0.2, 0.25) is 11.9 Å². The van der Waals surface area contributed by atoms with Crippen molar-refractivity contribution < 1.29 is 4.79 Å². The van der Waals surface area contributed by atoms with E-state index in [1.807, 2.05) is 30.3 Å². The quantitative estimate of drug-likeness (QED) is 0.866. The molecule has 1 aliphatic rings. The van der Waals surface area contributed by atoms with Crippen LogP contribution in [0.2, 0.25) is 0 Å². The van der Waals surface area contributed by atoms with Gasteiger partial charge in [0.25, 0.3) is 0 Å². The fourth-order valence-electron chi connectivity index (χ4n) is 3.11. The summed E-state index contributed by atoms with van der Waals surface area (Å²) in [6.45, 7) is 1.94. The van der Waals surface area contributed by atoms with Crippen molar-refractivity contribution in [3.63, 3.8) is 0 Å². The smallest absolute Gasteiger partial charge is 0.229 e. The summed E-state index contributed by atoms with van der Waals surface area (Å²) in [5, 5.41) is 3.15. The molecule has 1 fully saturated rings. The Morgan fingerprint density at radius 2 is 2.00 bits per heavy atom. The molecule has 1 aromatic heterocycles. The average Bonchev–Trinajstić information content (AvgIpc) is 2.64. The maximum absolute atomic E-state index is 12.6. The van der Waals surface area contributed by atoms with Crippen LogP contribution >= 0.6 is 0 Å². The van der Waals surface area contributed by atoms with E-state index < -0.39 is 0 Å². The standard InChI is InChI=1S/C18H23N5O/c19-12-16(14-6-2-1-3-7-14)17(24)22-15-8-4-11-23(13-15)18-20-9-5-10-21-18/h1-3,5-7,9-10,15-16H,4,8,11-13,19H2,(H,22,24). The first kappa shape index (κ1) is 16.4. The zero-order chi connectivity index (χ0) is 16.8. The van der Waals surface area contributed by atoms with Crippen molar-refractivity contribution in [1.29, 1.82) is 0 Å². The maximum atomic E-state index is 12.6. The lowest BCUT2D eigenvalue weighted by Crippen LogP contribution is -2.50. The van der Waals surface area contributed by atoms with Crippen LogP contribution in [0.15, 0.2) is 48.8 Å². The average molecular weight is 325 g/mol. The van der Waals surface area contributed by atoms with Crippen molar-refractivity contribution in [2.45, 2.75) is 24.8 Å². The van der Waals surface area contributed by atoms with Crippen LogP contribution in [0.5, 0.6) is 0 Å². The van der Waals surface area contributed by atoms with Gasteiger partial charge in [-0.25, -0.2) is 9.97 Å². The van der Waals surface area contributed by atoms with Gasteiger partial charge in [0.1, 0.15) is 0 Å². The Hall–Kier alpha value is -2.47. The summed E-state index contributed by atoms with van der Waals surface area (Å²) in [5.41, 5.74) is 6.79. The third-order valence-corrected chi connectivity index (χ3v) is 4.36. The molecule has 2 unspecified atom stereocenters. The Bertz CT molecular complexity index is 649. The second kappa shape index (κ2) is 7.88. The Kier molecular flexibility index (Phi) is 5.38. The monoisotopic (exact) mass is 325 g/mol. The second-order valence-electron chi connectivity index (χ2n) is 6.04. The lowest BCUT2D eigenvalue weighted by Gasteiger charge is -2.33. The Labute approximate surface area is 142 Å². The molecule has 0 aliphatic carbocycles. The lowest BCUT2D eigenvalue weighted by molar-refractivity contribution is -0.123. The van der Waals surface area contributed by atoms with Gasteiger partial charge in [-0.1, -0.05) is 30.3 Å². The number of anilines is 1. The van der Waals surface area contributed by atoms with Gasteiger partial charge in [-0.3, -0.25) is 4.79 Å². The van der Waals surface area contributed by atoms with E-state index in [1.165, 1.54) is 0 Å². The topological polar surface area (TPSA) is 84.1 Å². The van der Waals surface area contributed by atoms with Gasteiger partial charge in [-0.05, 0) is 24.5 Å². The molecule has 1 aromatic carbocycles. The zero-order valence-corrected chi connectivity index (χ0v) is 13.6. The van der Waals surface area contributed by atoms with Gasteiger partial charge < -0.3 is 16.0 Å². The lowest BCUT2D eigenvalue weighted by atomic mass is 9.97. The molecule has 1 amide bonds. The van der Waals surface area contributed by atoms with Crippen LogP contribution in [0, 0.1) is 0 Å². The SMILES string of the molecule is NCC(C(=O)NC1CCCN(c2ncccn2)C1)c1ccccc1. The highest BCUT2D eigenvalue weighted by molar-refractivity contribution is 5.84. The predicted molar refractivity (Wildman–Crippen MR) is 93.6 cm³/mol. The molecule has 0 bridgehead atoms. The molecule has 24 heavy (non-hydrogen) atoms. The normalized spacial score (nSPS) is 18.9. The number of piperidine rings is 1. The fourth-order valence-corrected chi connectivity index (χ4v) is 3.11. The van der Waals surface area contributed by atoms with E-state index in [1.54, 1.807) is 18.5 Å². The van der Waals surface area contributed by atoms with Crippen molar-refractivity contribution in [1.82, 2.24) is 15.3 Å². The van der Waals surface area contributed by atoms with Crippen LogP contribution in [0.1, 0.15) is 24.3 Å². The van der Waals surface area contributed by atoms with Crippen molar-refractivity contribution in [3.8, 4) is 0 Å². The molecule has 2 atom stereocenters. The molecule has 2 aromatic rings. The Morgan fingerprint density at radius 3 is 2.71 bits per heavy atom. The largest absolute Gasteiger partial charge is 0.351 e. The summed E-state index contributed by atoms with van der Waals surface area (Å²) in [6.07, 6.45) is 5.44. The molecule has 0 radical (unpaired) electrons. The molecule has 3 N–H and O–H groups in total. The number of nitrogens with one attached hydrogen (secondary N) is 1. The number of nitrogens with two attached hydrogens (primary N) is 1. The summed E-state index contributed by atoms with van der Waals surface area (Å²) in [6, 6.07) is 11.6. The highest BCUT2D eigenvalue weighted by Gasteiger charge is 2.26. The van der Waals surface area contributed by atoms with Gasteiger partial charge in [-0.2, -0.15) is 0 Å². The Morgan fingerprint density at radius 1 is 1.25 bits per heavy atom. The van der Waals surface area contributed by atoms with Crippen LogP contribution in [0.3, 0.4) is 0 Å². The van der Waals surface area contributed by atoms with Crippen LogP contribution in [0.25, 0.3) is 0 Å². The summed E-state index contributed by atoms with van der Waals surface area (Å²) >= 11 is 0. The highest BCUT2D eigenvalue weighted by Crippen LogP contribution is 2.18. The molecule has 126 valence electrons. The molecule has 6 nitrogen and oxygen atoms in total. The van der Waals surface area contributed by atoms with E-state index in [4.69, 9.17) is 5.73 Å². The first-order valence-corrected chi connectivity index (χ1v) is 8.35. The van der Waals surface area contributed by atoms with E-state index in [0.29, 0.717) is 6.54 Å². The molecule has 1 aliphatic heterocycles.